The smallest absolute Gasteiger partial charge is 0.252 e. The van der Waals surface area contributed by atoms with E-state index >= 15 is 0 Å². The van der Waals surface area contributed by atoms with E-state index in [1.54, 1.807) is 24.3 Å². The predicted molar refractivity (Wildman–Crippen MR) is 140 cm³/mol. The van der Waals surface area contributed by atoms with E-state index in [0.29, 0.717) is 35.5 Å². The number of hydrogen-bond donors (Lipinski definition) is 3. The van der Waals surface area contributed by atoms with Crippen LogP contribution in [0.5, 0.6) is 0 Å². The largest absolute Gasteiger partial charge is 0.357 e. The summed E-state index contributed by atoms with van der Waals surface area (Å²) >= 11 is 6.07. The van der Waals surface area contributed by atoms with E-state index in [9.17, 15) is 9.59 Å². The van der Waals surface area contributed by atoms with Crippen LogP contribution in [0.3, 0.4) is 0 Å². The summed E-state index contributed by atoms with van der Waals surface area (Å²) in [4.78, 5) is 31.6. The Morgan fingerprint density at radius 3 is 2.59 bits per heavy atom. The summed E-state index contributed by atoms with van der Waals surface area (Å²) in [5.41, 5.74) is 0.465. The molecule has 1 aromatic carbocycles. The molecule has 0 bridgehead atoms. The van der Waals surface area contributed by atoms with Crippen LogP contribution in [0.2, 0.25) is 5.02 Å². The molecule has 1 heterocycles. The van der Waals surface area contributed by atoms with Gasteiger partial charge in [0.15, 0.2) is 5.96 Å². The molecule has 7 nitrogen and oxygen atoms in total. The van der Waals surface area contributed by atoms with Crippen molar-refractivity contribution in [1.82, 2.24) is 20.9 Å². The van der Waals surface area contributed by atoms with E-state index < -0.39 is 0 Å². The van der Waals surface area contributed by atoms with Gasteiger partial charge < -0.3 is 20.9 Å². The van der Waals surface area contributed by atoms with Crippen LogP contribution in [0.15, 0.2) is 29.3 Å². The third kappa shape index (κ3) is 7.79. The van der Waals surface area contributed by atoms with Crippen molar-refractivity contribution < 1.29 is 9.59 Å². The van der Waals surface area contributed by atoms with E-state index in [-0.39, 0.29) is 41.8 Å². The molecule has 1 saturated carbocycles. The maximum absolute atomic E-state index is 12.8. The minimum atomic E-state index is -0.202. The first-order valence-corrected chi connectivity index (χ1v) is 11.8. The van der Waals surface area contributed by atoms with Gasteiger partial charge in [0.05, 0.1) is 17.1 Å². The van der Waals surface area contributed by atoms with Gasteiger partial charge in [-0.2, -0.15) is 0 Å². The number of nitrogens with one attached hydrogen (secondary N) is 3. The molecule has 9 heteroatoms. The lowest BCUT2D eigenvalue weighted by atomic mass is 9.88. The number of carbonyl (C=O) groups is 2. The lowest BCUT2D eigenvalue weighted by Gasteiger charge is -2.26. The second kappa shape index (κ2) is 13.9. The van der Waals surface area contributed by atoms with Gasteiger partial charge in [0.2, 0.25) is 5.91 Å². The van der Waals surface area contributed by atoms with Crippen molar-refractivity contribution in [3.63, 3.8) is 0 Å². The molecule has 3 N–H and O–H groups in total. The van der Waals surface area contributed by atoms with Crippen molar-refractivity contribution in [2.24, 2.45) is 10.9 Å². The van der Waals surface area contributed by atoms with Gasteiger partial charge in [-0.3, -0.25) is 14.6 Å². The number of likely N-dealkylation sites (tertiary alicyclic amines) is 1. The summed E-state index contributed by atoms with van der Waals surface area (Å²) in [6.07, 6.45) is 6.61. The van der Waals surface area contributed by atoms with Gasteiger partial charge in [0.1, 0.15) is 0 Å². The van der Waals surface area contributed by atoms with Gasteiger partial charge in [-0.15, -0.1) is 24.0 Å². The van der Waals surface area contributed by atoms with E-state index in [4.69, 9.17) is 11.6 Å². The van der Waals surface area contributed by atoms with E-state index in [2.05, 4.69) is 20.9 Å². The lowest BCUT2D eigenvalue weighted by molar-refractivity contribution is -0.135. The maximum Gasteiger partial charge on any atom is 0.252 e. The second-order valence-corrected chi connectivity index (χ2v) is 8.65. The van der Waals surface area contributed by atoms with Crippen molar-refractivity contribution in [1.29, 1.82) is 0 Å². The molecular weight excluding hydrogens is 541 g/mol. The molecule has 1 saturated heterocycles. The lowest BCUT2D eigenvalue weighted by Crippen LogP contribution is -2.46. The number of benzene rings is 1. The van der Waals surface area contributed by atoms with Gasteiger partial charge in [-0.05, 0) is 38.3 Å². The Morgan fingerprint density at radius 2 is 1.88 bits per heavy atom. The number of aliphatic imine (C=N–C) groups is 1. The fraction of sp³-hybridized carbons (Fsp3) is 0.609. The first-order chi connectivity index (χ1) is 15.1. The normalized spacial score (nSPS) is 19.2. The minimum Gasteiger partial charge on any atom is -0.357 e. The number of rotatable bonds is 7. The van der Waals surface area contributed by atoms with Crippen LogP contribution in [0.25, 0.3) is 0 Å². The zero-order chi connectivity index (χ0) is 22.1. The first-order valence-electron chi connectivity index (χ1n) is 11.4. The average molecular weight is 576 g/mol. The summed E-state index contributed by atoms with van der Waals surface area (Å²) in [5, 5.41) is 9.98. The fourth-order valence-corrected chi connectivity index (χ4v) is 4.50. The molecule has 0 spiro atoms. The Morgan fingerprint density at radius 1 is 1.12 bits per heavy atom. The zero-order valence-electron chi connectivity index (χ0n) is 18.7. The molecule has 2 aliphatic rings. The average Bonchev–Trinajstić information content (AvgIpc) is 3.25. The highest BCUT2D eigenvalue weighted by molar-refractivity contribution is 14.0. The number of halogens is 2. The third-order valence-corrected chi connectivity index (χ3v) is 6.25. The van der Waals surface area contributed by atoms with Crippen LogP contribution in [-0.2, 0) is 4.79 Å². The molecule has 2 fully saturated rings. The van der Waals surface area contributed by atoms with Crippen LogP contribution in [0.4, 0.5) is 0 Å². The van der Waals surface area contributed by atoms with Crippen LogP contribution >= 0.6 is 35.6 Å². The molecule has 1 aliphatic heterocycles. The molecule has 3 rings (SSSR count). The summed E-state index contributed by atoms with van der Waals surface area (Å²) < 4.78 is 0. The van der Waals surface area contributed by atoms with Crippen molar-refractivity contribution in [2.45, 2.75) is 51.5 Å². The number of carbonyl (C=O) groups excluding carboxylic acids is 2. The molecule has 1 aromatic rings. The monoisotopic (exact) mass is 575 g/mol. The minimum absolute atomic E-state index is 0. The number of hydrogen-bond acceptors (Lipinski definition) is 3. The van der Waals surface area contributed by atoms with Crippen molar-refractivity contribution >= 4 is 53.4 Å². The Balaban J connectivity index is 0.00000363. The molecule has 0 aromatic heterocycles. The second-order valence-electron chi connectivity index (χ2n) is 8.25. The Bertz CT molecular complexity index is 785. The molecule has 178 valence electrons. The van der Waals surface area contributed by atoms with Crippen molar-refractivity contribution in [3.8, 4) is 0 Å². The third-order valence-electron chi connectivity index (χ3n) is 5.93. The molecular formula is C23H35ClIN5O2. The highest BCUT2D eigenvalue weighted by Gasteiger charge is 2.31. The van der Waals surface area contributed by atoms with Gasteiger partial charge >= 0.3 is 0 Å². The number of amides is 2. The fourth-order valence-electron chi connectivity index (χ4n) is 4.28. The molecule has 32 heavy (non-hydrogen) atoms. The van der Waals surface area contributed by atoms with Gasteiger partial charge in [0, 0.05) is 38.1 Å². The van der Waals surface area contributed by atoms with Crippen LogP contribution in [0.1, 0.15) is 55.8 Å². The van der Waals surface area contributed by atoms with E-state index in [1.165, 1.54) is 19.3 Å². The Hall–Kier alpha value is -1.55. The van der Waals surface area contributed by atoms with Gasteiger partial charge in [-0.25, -0.2) is 0 Å². The highest BCUT2D eigenvalue weighted by atomic mass is 127. The molecule has 1 unspecified atom stereocenters. The van der Waals surface area contributed by atoms with Crippen molar-refractivity contribution in [3.05, 3.63) is 34.9 Å². The predicted octanol–water partition coefficient (Wildman–Crippen LogP) is 3.42. The summed E-state index contributed by atoms with van der Waals surface area (Å²) in [6, 6.07) is 7.18. The number of nitrogens with zero attached hydrogens (tertiary/aromatic N) is 2. The molecule has 1 atom stereocenters. The van der Waals surface area contributed by atoms with E-state index in [0.717, 1.165) is 38.9 Å². The first kappa shape index (κ1) is 26.7. The standard InChI is InChI=1S/C23H34ClN5O2.HI/c1-2-25-23(27-14-13-26-21(30)19-10-6-7-11-20(19)24)28-18-12-15-29(16-18)22(31)17-8-4-3-5-9-17;/h6-7,10-11,17-18H,2-5,8-9,12-16H2,1H3,(H,26,30)(H2,25,27,28);1H. The Kier molecular flexibility index (Phi) is 11.6. The van der Waals surface area contributed by atoms with Crippen LogP contribution in [0, 0.1) is 5.92 Å². The Labute approximate surface area is 213 Å². The van der Waals surface area contributed by atoms with Crippen LogP contribution in [-0.4, -0.2) is 61.4 Å². The van der Waals surface area contributed by atoms with Crippen LogP contribution < -0.4 is 16.0 Å². The zero-order valence-corrected chi connectivity index (χ0v) is 21.8. The summed E-state index contributed by atoms with van der Waals surface area (Å²) in [5.74, 6) is 1.06. The molecule has 1 aliphatic carbocycles. The van der Waals surface area contributed by atoms with Gasteiger partial charge in [0.25, 0.3) is 5.91 Å². The van der Waals surface area contributed by atoms with Crippen molar-refractivity contribution in [2.75, 3.05) is 32.7 Å². The topological polar surface area (TPSA) is 85.8 Å². The SMILES string of the molecule is CCNC(=NCCNC(=O)c1ccccc1Cl)NC1CCN(C(=O)C2CCCCC2)C1.I. The summed E-state index contributed by atoms with van der Waals surface area (Å²) in [7, 11) is 0. The summed E-state index contributed by atoms with van der Waals surface area (Å²) in [6.45, 7) is 5.16. The highest BCUT2D eigenvalue weighted by Crippen LogP contribution is 2.26. The number of guanidine groups is 1. The maximum atomic E-state index is 12.8. The molecule has 0 radical (unpaired) electrons. The van der Waals surface area contributed by atoms with Gasteiger partial charge in [-0.1, -0.05) is 43.0 Å². The quantitative estimate of drug-likeness (QED) is 0.201. The molecule has 2 amide bonds. The van der Waals surface area contributed by atoms with E-state index in [1.807, 2.05) is 11.8 Å².